The van der Waals surface area contributed by atoms with Crippen molar-refractivity contribution in [3.05, 3.63) is 93.7 Å². The van der Waals surface area contributed by atoms with Crippen molar-refractivity contribution in [2.45, 2.75) is 39.3 Å². The van der Waals surface area contributed by atoms with Crippen molar-refractivity contribution >= 4 is 34.4 Å². The van der Waals surface area contributed by atoms with Crippen LogP contribution < -0.4 is 4.74 Å². The minimum absolute atomic E-state index is 0.0684. The Balaban J connectivity index is 1.31. The number of benzene rings is 3. The standard InChI is InChI=1S/C35H32N2O6/c1-18-24-12-20(16-38)10-11-21(24)13-22-14-23-15-25-29(37(3)4)31-28(34(36-43-31)42-17-19-8-6-5-7-9-19)33(41)35(25,2)32(40)27(23)30(39)26(18)22/h5-13,16,23,25,27,29H,14-15,17H2,1-4H3. The number of aromatic nitrogens is 1. The van der Waals surface area contributed by atoms with Crippen molar-refractivity contribution in [3.8, 4) is 5.88 Å². The highest BCUT2D eigenvalue weighted by atomic mass is 16.5. The summed E-state index contributed by atoms with van der Waals surface area (Å²) in [4.78, 5) is 56.7. The first-order valence-corrected chi connectivity index (χ1v) is 14.6. The fourth-order valence-electron chi connectivity index (χ4n) is 7.91. The number of Topliss-reactive ketones (excluding diaryl/α,β-unsaturated/α-hetero) is 3. The zero-order valence-electron chi connectivity index (χ0n) is 24.5. The van der Waals surface area contributed by atoms with Gasteiger partial charge in [0.05, 0.1) is 17.4 Å². The van der Waals surface area contributed by atoms with Gasteiger partial charge < -0.3 is 9.26 Å². The van der Waals surface area contributed by atoms with E-state index in [9.17, 15) is 19.2 Å². The van der Waals surface area contributed by atoms with Gasteiger partial charge in [0.25, 0.3) is 5.88 Å². The molecule has 0 bridgehead atoms. The molecular formula is C35H32N2O6. The second-order valence-electron chi connectivity index (χ2n) is 12.6. The van der Waals surface area contributed by atoms with E-state index in [0.29, 0.717) is 29.7 Å². The summed E-state index contributed by atoms with van der Waals surface area (Å²) in [5, 5.41) is 5.93. The van der Waals surface area contributed by atoms with Crippen molar-refractivity contribution in [2.75, 3.05) is 14.1 Å². The molecule has 4 aromatic rings. The van der Waals surface area contributed by atoms with Crippen molar-refractivity contribution in [1.82, 2.24) is 10.1 Å². The van der Waals surface area contributed by atoms with E-state index in [2.05, 4.69) is 5.16 Å². The molecule has 0 spiro atoms. The minimum atomic E-state index is -1.46. The second kappa shape index (κ2) is 9.81. The van der Waals surface area contributed by atoms with Crippen LogP contribution in [0.15, 0.2) is 59.1 Å². The number of nitrogens with zero attached hydrogens (tertiary/aromatic N) is 2. The minimum Gasteiger partial charge on any atom is -0.470 e. The summed E-state index contributed by atoms with van der Waals surface area (Å²) in [5.41, 5.74) is 2.37. The number of carbonyl (C=O) groups is 4. The zero-order valence-corrected chi connectivity index (χ0v) is 24.5. The Bertz CT molecular complexity index is 1840. The molecule has 8 nitrogen and oxygen atoms in total. The third-order valence-electron chi connectivity index (χ3n) is 10.0. The Morgan fingerprint density at radius 3 is 2.56 bits per heavy atom. The number of hydrogen-bond acceptors (Lipinski definition) is 8. The molecule has 3 aromatic carbocycles. The SMILES string of the molecule is Cc1c2c(cc3ccc(C=O)cc13)CC1CC3C(N(C)C)c4onc(OCc5ccccc5)c4C(=O)C3(C)C(=O)C1C2=O. The number of carbonyl (C=O) groups excluding carboxylic acids is 4. The number of aldehydes is 1. The molecule has 5 atom stereocenters. The normalized spacial score (nSPS) is 26.1. The Labute approximate surface area is 249 Å². The smallest absolute Gasteiger partial charge is 0.265 e. The molecule has 43 heavy (non-hydrogen) atoms. The summed E-state index contributed by atoms with van der Waals surface area (Å²) in [6.45, 7) is 3.75. The van der Waals surface area contributed by atoms with E-state index in [4.69, 9.17) is 9.26 Å². The van der Waals surface area contributed by atoms with E-state index >= 15 is 0 Å². The summed E-state index contributed by atoms with van der Waals surface area (Å²) in [5.74, 6) is -2.09. The van der Waals surface area contributed by atoms with Crippen LogP contribution >= 0.6 is 0 Å². The predicted octanol–water partition coefficient (Wildman–Crippen LogP) is 5.59. The lowest BCUT2D eigenvalue weighted by Crippen LogP contribution is -2.60. The van der Waals surface area contributed by atoms with Crippen LogP contribution in [0.4, 0.5) is 0 Å². The zero-order chi connectivity index (χ0) is 30.2. The van der Waals surface area contributed by atoms with Gasteiger partial charge in [-0.15, -0.1) is 0 Å². The monoisotopic (exact) mass is 576 g/mol. The van der Waals surface area contributed by atoms with Crippen LogP contribution in [0.1, 0.15) is 72.9 Å². The van der Waals surface area contributed by atoms with Crippen molar-refractivity contribution in [1.29, 1.82) is 0 Å². The van der Waals surface area contributed by atoms with E-state index in [-0.39, 0.29) is 35.5 Å². The maximum absolute atomic E-state index is 14.6. The van der Waals surface area contributed by atoms with E-state index in [1.165, 1.54) is 0 Å². The third kappa shape index (κ3) is 3.89. The van der Waals surface area contributed by atoms with Gasteiger partial charge in [0.15, 0.2) is 23.1 Å². The summed E-state index contributed by atoms with van der Waals surface area (Å²) >= 11 is 0. The molecule has 0 amide bonds. The van der Waals surface area contributed by atoms with Gasteiger partial charge in [-0.1, -0.05) is 48.5 Å². The summed E-state index contributed by atoms with van der Waals surface area (Å²) in [6, 6.07) is 16.6. The summed E-state index contributed by atoms with van der Waals surface area (Å²) < 4.78 is 11.8. The lowest BCUT2D eigenvalue weighted by Gasteiger charge is -2.52. The highest BCUT2D eigenvalue weighted by Crippen LogP contribution is 2.59. The molecule has 5 unspecified atom stereocenters. The van der Waals surface area contributed by atoms with E-state index in [0.717, 1.165) is 33.7 Å². The number of ether oxygens (including phenoxy) is 1. The lowest BCUT2D eigenvalue weighted by atomic mass is 9.49. The van der Waals surface area contributed by atoms with Gasteiger partial charge >= 0.3 is 0 Å². The largest absolute Gasteiger partial charge is 0.470 e. The van der Waals surface area contributed by atoms with Gasteiger partial charge in [0.1, 0.15) is 18.5 Å². The Morgan fingerprint density at radius 1 is 1.07 bits per heavy atom. The molecule has 1 fully saturated rings. The molecule has 1 aromatic heterocycles. The Kier molecular flexibility index (Phi) is 6.25. The first kappa shape index (κ1) is 27.4. The average molecular weight is 577 g/mol. The molecule has 0 saturated heterocycles. The Hall–Kier alpha value is -4.43. The highest BCUT2D eigenvalue weighted by Gasteiger charge is 2.65. The van der Waals surface area contributed by atoms with Crippen molar-refractivity contribution in [2.24, 2.45) is 23.2 Å². The van der Waals surface area contributed by atoms with Crippen molar-refractivity contribution in [3.63, 3.8) is 0 Å². The topological polar surface area (TPSA) is 107 Å². The summed E-state index contributed by atoms with van der Waals surface area (Å²) in [6.07, 6.45) is 1.85. The number of rotatable bonds is 5. The molecule has 1 heterocycles. The first-order valence-electron chi connectivity index (χ1n) is 14.6. The highest BCUT2D eigenvalue weighted by molar-refractivity contribution is 6.25. The van der Waals surface area contributed by atoms with Crippen LogP contribution in [0, 0.1) is 30.1 Å². The van der Waals surface area contributed by atoms with E-state index < -0.39 is 29.1 Å². The molecule has 0 N–H and O–H groups in total. The van der Waals surface area contributed by atoms with E-state index in [1.54, 1.807) is 19.1 Å². The van der Waals surface area contributed by atoms with Crippen LogP contribution in [0.2, 0.25) is 0 Å². The maximum Gasteiger partial charge on any atom is 0.265 e. The molecule has 7 rings (SSSR count). The van der Waals surface area contributed by atoms with Crippen LogP contribution in [-0.2, 0) is 17.8 Å². The third-order valence-corrected chi connectivity index (χ3v) is 10.0. The number of fused-ring (bicyclic) bond motifs is 5. The van der Waals surface area contributed by atoms with Gasteiger partial charge in [-0.2, -0.15) is 0 Å². The molecule has 8 heteroatoms. The number of hydrogen-bond donors (Lipinski definition) is 0. The quantitative estimate of drug-likeness (QED) is 0.224. The van der Waals surface area contributed by atoms with Crippen molar-refractivity contribution < 1.29 is 28.4 Å². The molecule has 3 aliphatic rings. The fraction of sp³-hybridized carbons (Fsp3) is 0.343. The van der Waals surface area contributed by atoms with Gasteiger partial charge in [-0.05, 0) is 85.4 Å². The summed E-state index contributed by atoms with van der Waals surface area (Å²) in [7, 11) is 3.80. The predicted molar refractivity (Wildman–Crippen MR) is 158 cm³/mol. The Morgan fingerprint density at radius 2 is 1.84 bits per heavy atom. The van der Waals surface area contributed by atoms with Crippen LogP contribution in [0.3, 0.4) is 0 Å². The molecule has 1 saturated carbocycles. The van der Waals surface area contributed by atoms with Gasteiger partial charge in [0.2, 0.25) is 0 Å². The molecule has 218 valence electrons. The lowest BCUT2D eigenvalue weighted by molar-refractivity contribution is -0.140. The van der Waals surface area contributed by atoms with E-state index in [1.807, 2.05) is 68.4 Å². The molecule has 0 aliphatic heterocycles. The van der Waals surface area contributed by atoms with Gasteiger partial charge in [-0.25, -0.2) is 0 Å². The molecule has 0 radical (unpaired) electrons. The van der Waals surface area contributed by atoms with Gasteiger partial charge in [0, 0.05) is 17.0 Å². The fourth-order valence-corrected chi connectivity index (χ4v) is 7.91. The van der Waals surface area contributed by atoms with Crippen LogP contribution in [-0.4, -0.2) is 47.8 Å². The second-order valence-corrected chi connectivity index (χ2v) is 12.6. The average Bonchev–Trinajstić information content (AvgIpc) is 3.41. The maximum atomic E-state index is 14.6. The van der Waals surface area contributed by atoms with Crippen LogP contribution in [0.25, 0.3) is 10.8 Å². The number of ketones is 3. The molecular weight excluding hydrogens is 544 g/mol. The van der Waals surface area contributed by atoms with Gasteiger partial charge in [-0.3, -0.25) is 24.1 Å². The molecule has 3 aliphatic carbocycles. The number of aryl methyl sites for hydroxylation is 1. The van der Waals surface area contributed by atoms with Crippen LogP contribution in [0.5, 0.6) is 5.88 Å². The first-order chi connectivity index (χ1) is 20.6.